The number of nitrogens with one attached hydrogen (secondary N) is 1. The molecule has 208 valence electrons. The molecule has 0 aromatic heterocycles. The molecule has 2 atom stereocenters. The second-order valence-corrected chi connectivity index (χ2v) is 11.6. The van der Waals surface area contributed by atoms with Crippen molar-refractivity contribution in [1.29, 1.82) is 0 Å². The molecule has 0 unspecified atom stereocenters. The van der Waals surface area contributed by atoms with Gasteiger partial charge in [-0.15, -0.1) is 0 Å². The molecule has 0 aliphatic rings. The Balaban J connectivity index is 2.03. The number of carbonyl (C=O) groups excluding carboxylic acids is 2. The number of carbonyl (C=O) groups is 2. The van der Waals surface area contributed by atoms with Crippen molar-refractivity contribution in [2.75, 3.05) is 10.8 Å². The predicted molar refractivity (Wildman–Crippen MR) is 151 cm³/mol. The Hall–Kier alpha value is -3.72. The Morgan fingerprint density at radius 1 is 0.923 bits per heavy atom. The first-order valence-electron chi connectivity index (χ1n) is 12.9. The van der Waals surface area contributed by atoms with Gasteiger partial charge in [-0.25, -0.2) is 12.8 Å². The Kier molecular flexibility index (Phi) is 9.86. The first kappa shape index (κ1) is 29.8. The van der Waals surface area contributed by atoms with E-state index in [9.17, 15) is 22.4 Å². The van der Waals surface area contributed by atoms with Crippen molar-refractivity contribution in [3.8, 4) is 0 Å². The maximum atomic E-state index is 13.9. The Morgan fingerprint density at radius 3 is 2.13 bits per heavy atom. The third-order valence-electron chi connectivity index (χ3n) is 6.77. The Labute approximate surface area is 230 Å². The molecule has 0 heterocycles. The molecule has 0 aliphatic heterocycles. The minimum atomic E-state index is -4.24. The number of nitrogens with zero attached hydrogens (tertiary/aromatic N) is 2. The summed E-state index contributed by atoms with van der Waals surface area (Å²) in [6.45, 7) is 8.83. The lowest BCUT2D eigenvalue weighted by Gasteiger charge is -2.32. The van der Waals surface area contributed by atoms with Crippen LogP contribution < -0.4 is 9.62 Å². The molecule has 0 radical (unpaired) electrons. The molecule has 7 nitrogen and oxygen atoms in total. The number of hydrogen-bond donors (Lipinski definition) is 1. The number of sulfonamides is 1. The minimum Gasteiger partial charge on any atom is -0.352 e. The number of amides is 2. The zero-order chi connectivity index (χ0) is 28.7. The molecule has 0 fully saturated rings. The second kappa shape index (κ2) is 12.9. The van der Waals surface area contributed by atoms with Crippen LogP contribution in [-0.4, -0.2) is 43.8 Å². The third kappa shape index (κ3) is 7.44. The summed E-state index contributed by atoms with van der Waals surface area (Å²) >= 11 is 0. The van der Waals surface area contributed by atoms with Gasteiger partial charge in [0.15, 0.2) is 0 Å². The molecular formula is C30H36FN3O4S. The summed E-state index contributed by atoms with van der Waals surface area (Å²) in [6, 6.07) is 17.8. The molecule has 0 spiro atoms. The number of benzene rings is 3. The van der Waals surface area contributed by atoms with Gasteiger partial charge in [0, 0.05) is 12.6 Å². The molecule has 0 bridgehead atoms. The first-order valence-corrected chi connectivity index (χ1v) is 14.4. The van der Waals surface area contributed by atoms with Crippen LogP contribution in [0.1, 0.15) is 43.9 Å². The van der Waals surface area contributed by atoms with E-state index in [0.29, 0.717) is 0 Å². The standard InChI is InChI=1S/C30H36FN3O4S/c1-6-23(4)32-30(36)24(5)33(19-25-10-8-7-9-22(25)3)29(35)20-34(27-15-11-21(2)12-16-27)39(37,38)28-17-13-26(31)14-18-28/h7-18,23-24H,6,19-20H2,1-5H3,(H,32,36)/t23-,24-/m1/s1. The molecule has 2 amide bonds. The number of aryl methyl sites for hydroxylation is 2. The second-order valence-electron chi connectivity index (χ2n) is 9.74. The summed E-state index contributed by atoms with van der Waals surface area (Å²) in [5.74, 6) is -1.44. The van der Waals surface area contributed by atoms with Crippen LogP contribution in [-0.2, 0) is 26.2 Å². The van der Waals surface area contributed by atoms with Gasteiger partial charge in [-0.3, -0.25) is 13.9 Å². The van der Waals surface area contributed by atoms with Crippen LogP contribution in [0.15, 0.2) is 77.7 Å². The predicted octanol–water partition coefficient (Wildman–Crippen LogP) is 4.97. The van der Waals surface area contributed by atoms with Gasteiger partial charge < -0.3 is 10.2 Å². The van der Waals surface area contributed by atoms with Gasteiger partial charge in [-0.2, -0.15) is 0 Å². The van der Waals surface area contributed by atoms with E-state index in [4.69, 9.17) is 0 Å². The van der Waals surface area contributed by atoms with Gasteiger partial charge in [0.2, 0.25) is 11.8 Å². The van der Waals surface area contributed by atoms with Crippen LogP contribution >= 0.6 is 0 Å². The molecular weight excluding hydrogens is 517 g/mol. The maximum Gasteiger partial charge on any atom is 0.264 e. The Morgan fingerprint density at radius 2 is 1.54 bits per heavy atom. The summed E-state index contributed by atoms with van der Waals surface area (Å²) < 4.78 is 42.1. The van der Waals surface area contributed by atoms with Crippen molar-refractivity contribution in [3.05, 3.63) is 95.3 Å². The Bertz CT molecular complexity index is 1390. The first-order chi connectivity index (χ1) is 18.4. The number of halogens is 1. The molecule has 1 N–H and O–H groups in total. The molecule has 3 aromatic rings. The number of rotatable bonds is 11. The zero-order valence-corrected chi connectivity index (χ0v) is 23.8. The van der Waals surface area contributed by atoms with Gasteiger partial charge in [0.05, 0.1) is 10.6 Å². The zero-order valence-electron chi connectivity index (χ0n) is 23.0. The fourth-order valence-corrected chi connectivity index (χ4v) is 5.41. The largest absolute Gasteiger partial charge is 0.352 e. The molecule has 0 saturated carbocycles. The van der Waals surface area contributed by atoms with E-state index in [0.717, 1.165) is 39.5 Å². The van der Waals surface area contributed by atoms with Crippen molar-refractivity contribution in [2.24, 2.45) is 0 Å². The average molecular weight is 554 g/mol. The number of anilines is 1. The summed E-state index contributed by atoms with van der Waals surface area (Å²) in [7, 11) is -4.24. The van der Waals surface area contributed by atoms with Crippen LogP contribution in [0.5, 0.6) is 0 Å². The van der Waals surface area contributed by atoms with Crippen molar-refractivity contribution >= 4 is 27.5 Å². The molecule has 39 heavy (non-hydrogen) atoms. The molecule has 0 aliphatic carbocycles. The van der Waals surface area contributed by atoms with E-state index in [1.54, 1.807) is 31.2 Å². The van der Waals surface area contributed by atoms with E-state index in [1.165, 1.54) is 17.0 Å². The van der Waals surface area contributed by atoms with Gasteiger partial charge in [0.1, 0.15) is 18.4 Å². The lowest BCUT2D eigenvalue weighted by atomic mass is 10.1. The minimum absolute atomic E-state index is 0.0849. The SMILES string of the molecule is CC[C@@H](C)NC(=O)[C@@H](C)N(Cc1ccccc1C)C(=O)CN(c1ccc(C)cc1)S(=O)(=O)c1ccc(F)cc1. The molecule has 0 saturated heterocycles. The number of hydrogen-bond acceptors (Lipinski definition) is 4. The summed E-state index contributed by atoms with van der Waals surface area (Å²) in [5.41, 5.74) is 2.99. The summed E-state index contributed by atoms with van der Waals surface area (Å²) in [5, 5.41) is 2.92. The summed E-state index contributed by atoms with van der Waals surface area (Å²) in [6.07, 6.45) is 0.724. The van der Waals surface area contributed by atoms with E-state index in [1.807, 2.05) is 52.0 Å². The van der Waals surface area contributed by atoms with Gasteiger partial charge >= 0.3 is 0 Å². The van der Waals surface area contributed by atoms with Crippen molar-refractivity contribution < 1.29 is 22.4 Å². The molecule has 9 heteroatoms. The van der Waals surface area contributed by atoms with Crippen LogP contribution in [0.3, 0.4) is 0 Å². The van der Waals surface area contributed by atoms with E-state index < -0.39 is 34.3 Å². The quantitative estimate of drug-likeness (QED) is 0.363. The van der Waals surface area contributed by atoms with Crippen molar-refractivity contribution in [1.82, 2.24) is 10.2 Å². The highest BCUT2D eigenvalue weighted by molar-refractivity contribution is 7.92. The molecule has 3 aromatic carbocycles. The topological polar surface area (TPSA) is 86.8 Å². The van der Waals surface area contributed by atoms with Gasteiger partial charge in [-0.1, -0.05) is 48.9 Å². The van der Waals surface area contributed by atoms with E-state index in [-0.39, 0.29) is 29.1 Å². The van der Waals surface area contributed by atoms with Crippen molar-refractivity contribution in [2.45, 2.75) is 64.6 Å². The maximum absolute atomic E-state index is 13.9. The monoisotopic (exact) mass is 553 g/mol. The normalized spacial score (nSPS) is 12.9. The highest BCUT2D eigenvalue weighted by Gasteiger charge is 2.33. The van der Waals surface area contributed by atoms with Gasteiger partial charge in [-0.05, 0) is 81.6 Å². The summed E-state index contributed by atoms with van der Waals surface area (Å²) in [4.78, 5) is 28.3. The van der Waals surface area contributed by atoms with Gasteiger partial charge in [0.25, 0.3) is 10.0 Å². The highest BCUT2D eigenvalue weighted by Crippen LogP contribution is 2.25. The lowest BCUT2D eigenvalue weighted by molar-refractivity contribution is -0.139. The fourth-order valence-electron chi connectivity index (χ4n) is 3.99. The van der Waals surface area contributed by atoms with Crippen LogP contribution in [0.4, 0.5) is 10.1 Å². The van der Waals surface area contributed by atoms with E-state index in [2.05, 4.69) is 5.32 Å². The van der Waals surface area contributed by atoms with Crippen molar-refractivity contribution in [3.63, 3.8) is 0 Å². The average Bonchev–Trinajstić information content (AvgIpc) is 2.91. The highest BCUT2D eigenvalue weighted by atomic mass is 32.2. The fraction of sp³-hybridized carbons (Fsp3) is 0.333. The van der Waals surface area contributed by atoms with Crippen LogP contribution in [0, 0.1) is 19.7 Å². The van der Waals surface area contributed by atoms with Crippen LogP contribution in [0.25, 0.3) is 0 Å². The lowest BCUT2D eigenvalue weighted by Crippen LogP contribution is -2.52. The molecule has 3 rings (SSSR count). The van der Waals surface area contributed by atoms with Crippen LogP contribution in [0.2, 0.25) is 0 Å². The third-order valence-corrected chi connectivity index (χ3v) is 8.56. The van der Waals surface area contributed by atoms with E-state index >= 15 is 0 Å². The smallest absolute Gasteiger partial charge is 0.264 e.